The van der Waals surface area contributed by atoms with Gasteiger partial charge >= 0.3 is 5.69 Å². The number of hydrogen-bond donors (Lipinski definition) is 1. The maximum absolute atomic E-state index is 12.6. The maximum atomic E-state index is 12.6. The van der Waals surface area contributed by atoms with Crippen molar-refractivity contribution in [2.45, 2.75) is 26.3 Å². The molecule has 4 aromatic carbocycles. The molecule has 0 radical (unpaired) electrons. The summed E-state index contributed by atoms with van der Waals surface area (Å²) in [5, 5.41) is 6.69. The Morgan fingerprint density at radius 2 is 1.60 bits per heavy atom. The van der Waals surface area contributed by atoms with Gasteiger partial charge in [0, 0.05) is 17.3 Å². The summed E-state index contributed by atoms with van der Waals surface area (Å²) in [6.07, 6.45) is 1.89. The van der Waals surface area contributed by atoms with Gasteiger partial charge in [0.1, 0.15) is 0 Å². The van der Waals surface area contributed by atoms with Crippen molar-refractivity contribution in [2.75, 3.05) is 0 Å². The van der Waals surface area contributed by atoms with Crippen LogP contribution >= 0.6 is 0 Å². The molecular weight excluding hydrogens is 376 g/mol. The lowest BCUT2D eigenvalue weighted by Gasteiger charge is -2.21. The predicted octanol–water partition coefficient (Wildman–Crippen LogP) is 4.28. The molecule has 146 valence electrons. The van der Waals surface area contributed by atoms with E-state index in [9.17, 15) is 9.59 Å². The lowest BCUT2D eigenvalue weighted by atomic mass is 9.92. The van der Waals surface area contributed by atoms with E-state index >= 15 is 0 Å². The van der Waals surface area contributed by atoms with Gasteiger partial charge in [-0.05, 0) is 28.0 Å². The third-order valence-corrected chi connectivity index (χ3v) is 5.96. The van der Waals surface area contributed by atoms with Gasteiger partial charge in [-0.2, -0.15) is 4.98 Å². The molecule has 2 heterocycles. The smallest absolute Gasteiger partial charge is 0.322 e. The Hall–Kier alpha value is -3.80. The average molecular weight is 394 g/mol. The molecule has 0 saturated carbocycles. The molecule has 30 heavy (non-hydrogen) atoms. The Morgan fingerprint density at radius 1 is 0.900 bits per heavy atom. The van der Waals surface area contributed by atoms with Crippen LogP contribution in [0.3, 0.4) is 0 Å². The Bertz CT molecular complexity index is 1680. The molecule has 0 unspecified atom stereocenters. The molecule has 0 fully saturated rings. The van der Waals surface area contributed by atoms with Crippen LogP contribution in [-0.4, -0.2) is 19.5 Å². The number of hydrogen-bond acceptors (Lipinski definition) is 4. The van der Waals surface area contributed by atoms with E-state index in [0.29, 0.717) is 12.4 Å². The number of fused-ring (bicyclic) bond motifs is 4. The molecular formula is C24H18N4O2. The summed E-state index contributed by atoms with van der Waals surface area (Å²) in [5.41, 5.74) is 0.748. The quantitative estimate of drug-likeness (QED) is 0.359. The van der Waals surface area contributed by atoms with E-state index in [-0.39, 0.29) is 5.69 Å². The van der Waals surface area contributed by atoms with E-state index < -0.39 is 11.2 Å². The Labute approximate surface area is 170 Å². The van der Waals surface area contributed by atoms with E-state index in [1.54, 1.807) is 0 Å². The average Bonchev–Trinajstić information content (AvgIpc) is 2.76. The Balaban J connectivity index is 1.99. The maximum Gasteiger partial charge on any atom is 0.349 e. The van der Waals surface area contributed by atoms with Crippen LogP contribution in [0.5, 0.6) is 0 Å². The molecule has 6 nitrogen and oxygen atoms in total. The largest absolute Gasteiger partial charge is 0.349 e. The van der Waals surface area contributed by atoms with Crippen molar-refractivity contribution in [1.29, 1.82) is 0 Å². The minimum Gasteiger partial charge on any atom is -0.322 e. The highest BCUT2D eigenvalue weighted by molar-refractivity contribution is 6.32. The van der Waals surface area contributed by atoms with Crippen LogP contribution in [0.4, 0.5) is 0 Å². The van der Waals surface area contributed by atoms with Crippen molar-refractivity contribution in [1.82, 2.24) is 19.5 Å². The van der Waals surface area contributed by atoms with E-state index in [1.807, 2.05) is 16.7 Å². The fourth-order valence-electron chi connectivity index (χ4n) is 4.67. The highest BCUT2D eigenvalue weighted by atomic mass is 16.2. The van der Waals surface area contributed by atoms with Crippen molar-refractivity contribution in [3.05, 3.63) is 69.4 Å². The van der Waals surface area contributed by atoms with Crippen molar-refractivity contribution >= 4 is 43.4 Å². The second kappa shape index (κ2) is 6.10. The summed E-state index contributed by atoms with van der Waals surface area (Å²) < 4.78 is 2.02. The molecule has 6 heteroatoms. The zero-order chi connectivity index (χ0) is 20.4. The fraction of sp³-hybridized carbons (Fsp3) is 0.167. The first-order valence-corrected chi connectivity index (χ1v) is 10.2. The summed E-state index contributed by atoms with van der Waals surface area (Å²) in [6.45, 7) is 2.77. The molecule has 0 bridgehead atoms. The lowest BCUT2D eigenvalue weighted by Crippen LogP contribution is -2.29. The summed E-state index contributed by atoms with van der Waals surface area (Å²) >= 11 is 0. The van der Waals surface area contributed by atoms with Crippen LogP contribution in [0, 0.1) is 0 Å². The molecule has 4 aromatic rings. The summed E-state index contributed by atoms with van der Waals surface area (Å²) in [5.74, 6) is 0.347. The van der Waals surface area contributed by atoms with Gasteiger partial charge in [0.05, 0.1) is 11.0 Å². The second-order valence-corrected chi connectivity index (χ2v) is 7.73. The van der Waals surface area contributed by atoms with E-state index in [4.69, 9.17) is 4.98 Å². The highest BCUT2D eigenvalue weighted by Gasteiger charge is 2.23. The number of aryl methyl sites for hydroxylation is 1. The van der Waals surface area contributed by atoms with Crippen LogP contribution in [0.25, 0.3) is 54.9 Å². The van der Waals surface area contributed by atoms with Gasteiger partial charge in [-0.15, -0.1) is 0 Å². The van der Waals surface area contributed by atoms with Crippen LogP contribution in [-0.2, 0) is 6.54 Å². The first kappa shape index (κ1) is 17.1. The van der Waals surface area contributed by atoms with Gasteiger partial charge in [0.15, 0.2) is 11.5 Å². The van der Waals surface area contributed by atoms with Gasteiger partial charge in [-0.25, -0.2) is 9.78 Å². The van der Waals surface area contributed by atoms with Gasteiger partial charge in [-0.1, -0.05) is 61.9 Å². The molecule has 2 aliphatic heterocycles. The van der Waals surface area contributed by atoms with E-state index in [2.05, 4.69) is 53.3 Å². The zero-order valence-corrected chi connectivity index (χ0v) is 16.4. The molecule has 6 rings (SSSR count). The summed E-state index contributed by atoms with van der Waals surface area (Å²) in [6, 6.07) is 16.7. The van der Waals surface area contributed by atoms with Crippen molar-refractivity contribution in [3.8, 4) is 11.5 Å². The lowest BCUT2D eigenvalue weighted by molar-refractivity contribution is 0.639. The third-order valence-electron chi connectivity index (χ3n) is 5.96. The molecule has 0 aromatic heterocycles. The van der Waals surface area contributed by atoms with Crippen LogP contribution in [0.1, 0.15) is 19.8 Å². The number of nitrogens with zero attached hydrogens (tertiary/aromatic N) is 3. The molecule has 0 aliphatic carbocycles. The number of benzene rings is 4. The zero-order valence-electron chi connectivity index (χ0n) is 16.4. The molecule has 0 amide bonds. The van der Waals surface area contributed by atoms with Crippen molar-refractivity contribution < 1.29 is 0 Å². The second-order valence-electron chi connectivity index (χ2n) is 7.73. The fourth-order valence-corrected chi connectivity index (χ4v) is 4.67. The predicted molar refractivity (Wildman–Crippen MR) is 120 cm³/mol. The highest BCUT2D eigenvalue weighted by Crippen LogP contribution is 2.40. The van der Waals surface area contributed by atoms with Gasteiger partial charge < -0.3 is 4.57 Å². The SMILES string of the molecule is CCCCn1c2nc(=O)[nH]c(=O)c-2nc2c3cccc4ccc5cccc(c5c43)c21. The normalized spacial score (nSPS) is 12.2. The van der Waals surface area contributed by atoms with E-state index in [0.717, 1.165) is 50.8 Å². The Kier molecular flexibility index (Phi) is 3.47. The molecule has 0 spiro atoms. The monoisotopic (exact) mass is 394 g/mol. The number of H-pyrrole nitrogens is 1. The van der Waals surface area contributed by atoms with Crippen LogP contribution < -0.4 is 11.2 Å². The number of nitrogens with one attached hydrogen (secondary N) is 1. The van der Waals surface area contributed by atoms with E-state index in [1.165, 1.54) is 5.39 Å². The summed E-state index contributed by atoms with van der Waals surface area (Å²) in [4.78, 5) is 35.8. The number of unbranched alkanes of at least 4 members (excludes halogenated alkanes) is 1. The van der Waals surface area contributed by atoms with Crippen molar-refractivity contribution in [2.24, 2.45) is 0 Å². The molecule has 1 N–H and O–H groups in total. The number of aromatic amines is 1. The van der Waals surface area contributed by atoms with Crippen LogP contribution in [0.15, 0.2) is 58.1 Å². The standard InChI is InChI=1S/C24H18N4O2/c1-2-3-12-28-21-16-9-5-7-14-11-10-13-6-4-8-15(17(13)18(14)16)19(21)25-20-22(28)26-24(30)27-23(20)29/h4-11H,2-3,12H2,1H3,(H,27,29,30). The first-order chi connectivity index (χ1) is 14.7. The van der Waals surface area contributed by atoms with Gasteiger partial charge in [0.2, 0.25) is 0 Å². The first-order valence-electron chi connectivity index (χ1n) is 10.2. The van der Waals surface area contributed by atoms with Gasteiger partial charge in [-0.3, -0.25) is 9.78 Å². The number of rotatable bonds is 3. The molecule has 0 saturated heterocycles. The minimum absolute atomic E-state index is 0.202. The molecule has 0 atom stereocenters. The Morgan fingerprint density at radius 3 is 2.33 bits per heavy atom. The third kappa shape index (κ3) is 2.19. The molecule has 2 aliphatic rings. The number of aromatic nitrogens is 4. The topological polar surface area (TPSA) is 80.6 Å². The van der Waals surface area contributed by atoms with Crippen molar-refractivity contribution in [3.63, 3.8) is 0 Å². The summed E-state index contributed by atoms with van der Waals surface area (Å²) in [7, 11) is 0. The van der Waals surface area contributed by atoms with Gasteiger partial charge in [0.25, 0.3) is 5.56 Å². The minimum atomic E-state index is -0.643. The van der Waals surface area contributed by atoms with Crippen LogP contribution in [0.2, 0.25) is 0 Å².